The van der Waals surface area contributed by atoms with Crippen LogP contribution in [-0.2, 0) is 16.0 Å². The first kappa shape index (κ1) is 24.0. The summed E-state index contributed by atoms with van der Waals surface area (Å²) in [6.45, 7) is 12.7. The minimum atomic E-state index is 0.214. The van der Waals surface area contributed by atoms with Crippen LogP contribution in [0.2, 0.25) is 0 Å². The van der Waals surface area contributed by atoms with Crippen LogP contribution in [0.4, 0.5) is 0 Å². The van der Waals surface area contributed by atoms with Gasteiger partial charge in [-0.25, -0.2) is 0 Å². The van der Waals surface area contributed by atoms with E-state index in [4.69, 9.17) is 0 Å². The first-order chi connectivity index (χ1) is 15.9. The Morgan fingerprint density at radius 1 is 1.09 bits per heavy atom. The summed E-state index contributed by atoms with van der Waals surface area (Å²) in [5.74, 6) is 1.97. The number of piperazine rings is 1. The van der Waals surface area contributed by atoms with E-state index in [1.807, 2.05) is 35.2 Å². The average molecular weight is 452 g/mol. The standard InChI is InChI=1S/C28H41N3O2/c1-4-8-26(32)31(21-23-11-12-24-20-25(23)28(24,2)3)18-15-29-13-16-30(17-14-29)27(33)19-22-9-6-5-7-10-22/h5-7,9-11,24-25H,4,8,12-21H2,1-3H3. The van der Waals surface area contributed by atoms with Crippen molar-refractivity contribution in [3.05, 3.63) is 47.5 Å². The van der Waals surface area contributed by atoms with Gasteiger partial charge in [-0.05, 0) is 42.1 Å². The predicted molar refractivity (Wildman–Crippen MR) is 133 cm³/mol. The van der Waals surface area contributed by atoms with Crippen LogP contribution in [0.3, 0.4) is 0 Å². The zero-order chi connectivity index (χ0) is 23.4. The van der Waals surface area contributed by atoms with Crippen molar-refractivity contribution in [2.24, 2.45) is 17.3 Å². The van der Waals surface area contributed by atoms with Crippen LogP contribution in [0.15, 0.2) is 42.0 Å². The second-order valence-corrected chi connectivity index (χ2v) is 10.8. The van der Waals surface area contributed by atoms with Crippen molar-refractivity contribution in [2.45, 2.75) is 52.9 Å². The number of nitrogens with zero attached hydrogens (tertiary/aromatic N) is 3. The lowest BCUT2D eigenvalue weighted by Gasteiger charge is -2.57. The highest BCUT2D eigenvalue weighted by atomic mass is 16.2. The maximum absolute atomic E-state index is 12.9. The minimum Gasteiger partial charge on any atom is -0.340 e. The largest absolute Gasteiger partial charge is 0.340 e. The number of rotatable bonds is 9. The fraction of sp³-hybridized carbons (Fsp3) is 0.643. The summed E-state index contributed by atoms with van der Waals surface area (Å²) in [6.07, 6.45) is 6.90. The Hall–Kier alpha value is -2.14. The normalized spacial score (nSPS) is 24.1. The molecule has 1 saturated heterocycles. The third kappa shape index (κ3) is 5.51. The molecule has 5 rings (SSSR count). The van der Waals surface area contributed by atoms with Crippen molar-refractivity contribution in [2.75, 3.05) is 45.8 Å². The Kier molecular flexibility index (Phi) is 7.58. The van der Waals surface area contributed by atoms with Gasteiger partial charge in [-0.1, -0.05) is 62.8 Å². The molecule has 0 radical (unpaired) electrons. The molecular formula is C28H41N3O2. The van der Waals surface area contributed by atoms with Gasteiger partial charge in [0.15, 0.2) is 0 Å². The van der Waals surface area contributed by atoms with Crippen LogP contribution < -0.4 is 0 Å². The summed E-state index contributed by atoms with van der Waals surface area (Å²) < 4.78 is 0. The third-order valence-corrected chi connectivity index (χ3v) is 8.38. The van der Waals surface area contributed by atoms with E-state index in [1.165, 1.54) is 18.4 Å². The molecule has 3 aliphatic carbocycles. The molecule has 1 saturated carbocycles. The number of allylic oxidation sites excluding steroid dienone is 1. The molecule has 0 aromatic heterocycles. The Morgan fingerprint density at radius 3 is 2.45 bits per heavy atom. The minimum absolute atomic E-state index is 0.214. The van der Waals surface area contributed by atoms with Crippen molar-refractivity contribution in [1.82, 2.24) is 14.7 Å². The number of hydrogen-bond donors (Lipinski definition) is 0. The second-order valence-electron chi connectivity index (χ2n) is 10.8. The van der Waals surface area contributed by atoms with Gasteiger partial charge in [-0.2, -0.15) is 0 Å². The van der Waals surface area contributed by atoms with E-state index in [-0.39, 0.29) is 11.8 Å². The molecule has 33 heavy (non-hydrogen) atoms. The van der Waals surface area contributed by atoms with Gasteiger partial charge in [0.1, 0.15) is 0 Å². The van der Waals surface area contributed by atoms with Gasteiger partial charge in [0.25, 0.3) is 0 Å². The smallest absolute Gasteiger partial charge is 0.227 e. The highest BCUT2D eigenvalue weighted by Crippen LogP contribution is 2.59. The van der Waals surface area contributed by atoms with E-state index in [1.54, 1.807) is 0 Å². The highest BCUT2D eigenvalue weighted by molar-refractivity contribution is 5.79. The molecule has 2 fully saturated rings. The monoisotopic (exact) mass is 451 g/mol. The van der Waals surface area contributed by atoms with Crippen molar-refractivity contribution in [3.63, 3.8) is 0 Å². The van der Waals surface area contributed by atoms with Gasteiger partial charge in [0.05, 0.1) is 6.42 Å². The number of amides is 2. The molecule has 2 atom stereocenters. The zero-order valence-electron chi connectivity index (χ0n) is 20.8. The van der Waals surface area contributed by atoms with Gasteiger partial charge in [0, 0.05) is 52.2 Å². The molecule has 1 aliphatic heterocycles. The van der Waals surface area contributed by atoms with Crippen LogP contribution in [0.1, 0.15) is 52.0 Å². The van der Waals surface area contributed by atoms with Crippen LogP contribution in [0, 0.1) is 17.3 Å². The lowest BCUT2D eigenvalue weighted by molar-refractivity contribution is -0.132. The van der Waals surface area contributed by atoms with Crippen LogP contribution in [-0.4, -0.2) is 72.3 Å². The molecule has 2 unspecified atom stereocenters. The maximum atomic E-state index is 12.9. The maximum Gasteiger partial charge on any atom is 0.227 e. The van der Waals surface area contributed by atoms with E-state index in [9.17, 15) is 9.59 Å². The number of carbonyl (C=O) groups excluding carboxylic acids is 2. The zero-order valence-corrected chi connectivity index (χ0v) is 20.8. The number of fused-ring (bicyclic) bond motifs is 1. The SMILES string of the molecule is CCCC(=O)N(CCN1CCN(C(=O)Cc2ccccc2)CC1)CC1=CCC2CC1C2(C)C. The van der Waals surface area contributed by atoms with E-state index >= 15 is 0 Å². The first-order valence-corrected chi connectivity index (χ1v) is 12.9. The average Bonchev–Trinajstić information content (AvgIpc) is 2.82. The first-order valence-electron chi connectivity index (χ1n) is 12.9. The molecule has 2 bridgehead atoms. The van der Waals surface area contributed by atoms with Crippen molar-refractivity contribution >= 4 is 11.8 Å². The summed E-state index contributed by atoms with van der Waals surface area (Å²) in [7, 11) is 0. The number of carbonyl (C=O) groups is 2. The van der Waals surface area contributed by atoms with E-state index in [0.717, 1.165) is 63.7 Å². The molecule has 2 amide bonds. The van der Waals surface area contributed by atoms with Crippen LogP contribution in [0.25, 0.3) is 0 Å². The summed E-state index contributed by atoms with van der Waals surface area (Å²) in [5, 5.41) is 0. The lowest BCUT2D eigenvalue weighted by Crippen LogP contribution is -2.52. The summed E-state index contributed by atoms with van der Waals surface area (Å²) in [4.78, 5) is 32.1. The van der Waals surface area contributed by atoms with Crippen molar-refractivity contribution in [1.29, 1.82) is 0 Å². The van der Waals surface area contributed by atoms with Crippen molar-refractivity contribution in [3.8, 4) is 0 Å². The molecule has 1 heterocycles. The Morgan fingerprint density at radius 2 is 1.82 bits per heavy atom. The van der Waals surface area contributed by atoms with E-state index in [0.29, 0.717) is 24.2 Å². The van der Waals surface area contributed by atoms with Gasteiger partial charge in [0.2, 0.25) is 11.8 Å². The summed E-state index contributed by atoms with van der Waals surface area (Å²) >= 11 is 0. The van der Waals surface area contributed by atoms with Gasteiger partial charge in [-0.15, -0.1) is 0 Å². The lowest BCUT2D eigenvalue weighted by atomic mass is 9.49. The van der Waals surface area contributed by atoms with Crippen molar-refractivity contribution < 1.29 is 9.59 Å². The third-order valence-electron chi connectivity index (χ3n) is 8.38. The highest BCUT2D eigenvalue weighted by Gasteiger charge is 2.51. The fourth-order valence-corrected chi connectivity index (χ4v) is 5.91. The number of benzene rings is 1. The predicted octanol–water partition coefficient (Wildman–Crippen LogP) is 3.99. The molecule has 180 valence electrons. The molecule has 1 aromatic rings. The Balaban J connectivity index is 1.26. The second kappa shape index (κ2) is 10.4. The molecular weight excluding hydrogens is 410 g/mol. The summed E-state index contributed by atoms with van der Waals surface area (Å²) in [5.41, 5.74) is 2.96. The number of hydrogen-bond acceptors (Lipinski definition) is 3. The van der Waals surface area contributed by atoms with E-state index in [2.05, 4.69) is 36.6 Å². The van der Waals surface area contributed by atoms with Gasteiger partial charge in [-0.3, -0.25) is 14.5 Å². The fourth-order valence-electron chi connectivity index (χ4n) is 5.91. The topological polar surface area (TPSA) is 43.9 Å². The quantitative estimate of drug-likeness (QED) is 0.533. The van der Waals surface area contributed by atoms with Crippen LogP contribution in [0.5, 0.6) is 0 Å². The molecule has 4 aliphatic rings. The van der Waals surface area contributed by atoms with Gasteiger partial charge >= 0.3 is 0 Å². The molecule has 5 heteroatoms. The molecule has 0 spiro atoms. The molecule has 5 nitrogen and oxygen atoms in total. The van der Waals surface area contributed by atoms with E-state index < -0.39 is 0 Å². The Labute approximate surface area is 199 Å². The molecule has 1 aromatic carbocycles. The van der Waals surface area contributed by atoms with Crippen LogP contribution >= 0.6 is 0 Å². The summed E-state index contributed by atoms with van der Waals surface area (Å²) in [6, 6.07) is 9.99. The van der Waals surface area contributed by atoms with Gasteiger partial charge < -0.3 is 9.80 Å². The molecule has 0 N–H and O–H groups in total. The Bertz CT molecular complexity index is 855.